The Labute approximate surface area is 132 Å². The maximum atomic E-state index is 12.9. The van der Waals surface area contributed by atoms with Crippen LogP contribution in [0.25, 0.3) is 0 Å². The normalized spacial score (nSPS) is 19.4. The third-order valence-electron chi connectivity index (χ3n) is 4.49. The lowest BCUT2D eigenvalue weighted by Gasteiger charge is -2.30. The van der Waals surface area contributed by atoms with Crippen LogP contribution >= 0.6 is 0 Å². The lowest BCUT2D eigenvalue weighted by atomic mass is 9.87. The fraction of sp³-hybridized carbons (Fsp3) is 0.556. The first kappa shape index (κ1) is 16.5. The van der Waals surface area contributed by atoms with Crippen LogP contribution in [0.15, 0.2) is 30.3 Å². The summed E-state index contributed by atoms with van der Waals surface area (Å²) in [4.78, 5) is 25.7. The Morgan fingerprint density at radius 2 is 1.95 bits per heavy atom. The van der Waals surface area contributed by atoms with Gasteiger partial charge in [-0.2, -0.15) is 0 Å². The molecule has 1 aliphatic rings. The van der Waals surface area contributed by atoms with Gasteiger partial charge in [-0.1, -0.05) is 44.2 Å². The highest BCUT2D eigenvalue weighted by atomic mass is 16.4. The van der Waals surface area contributed by atoms with Gasteiger partial charge in [0.1, 0.15) is 0 Å². The third kappa shape index (κ3) is 4.09. The van der Waals surface area contributed by atoms with Gasteiger partial charge in [0.15, 0.2) is 0 Å². The highest BCUT2D eigenvalue weighted by Crippen LogP contribution is 2.27. The number of aliphatic carboxylic acids is 1. The molecule has 1 N–H and O–H groups in total. The van der Waals surface area contributed by atoms with Crippen LogP contribution in [0.3, 0.4) is 0 Å². The maximum Gasteiger partial charge on any atom is 0.305 e. The molecule has 4 heteroatoms. The molecule has 0 aliphatic carbocycles. The van der Waals surface area contributed by atoms with Gasteiger partial charge in [0.2, 0.25) is 5.91 Å². The van der Waals surface area contributed by atoms with Crippen LogP contribution in [0.4, 0.5) is 0 Å². The molecule has 1 aliphatic heterocycles. The number of carbonyl (C=O) groups excluding carboxylic acids is 1. The number of nitrogens with zero attached hydrogens (tertiary/aromatic N) is 1. The van der Waals surface area contributed by atoms with E-state index in [0.29, 0.717) is 13.0 Å². The van der Waals surface area contributed by atoms with Crippen LogP contribution in [0.5, 0.6) is 0 Å². The average Bonchev–Trinajstić information content (AvgIpc) is 2.92. The van der Waals surface area contributed by atoms with Crippen molar-refractivity contribution in [1.29, 1.82) is 0 Å². The van der Waals surface area contributed by atoms with Gasteiger partial charge in [0.05, 0.1) is 6.42 Å². The van der Waals surface area contributed by atoms with E-state index in [9.17, 15) is 9.59 Å². The number of rotatable bonds is 6. The molecule has 0 bridgehead atoms. The van der Waals surface area contributed by atoms with Crippen LogP contribution < -0.4 is 0 Å². The largest absolute Gasteiger partial charge is 0.481 e. The number of benzene rings is 1. The SMILES string of the molecule is CC(C)C(Cc1ccccc1)C(=O)N1CCCC1CC(=O)O. The molecule has 0 aromatic heterocycles. The zero-order chi connectivity index (χ0) is 16.1. The standard InChI is InChI=1S/C18H25NO3/c1-13(2)16(11-14-7-4-3-5-8-14)18(22)19-10-6-9-15(19)12-17(20)21/h3-5,7-8,13,15-16H,6,9-12H2,1-2H3,(H,20,21). The molecule has 4 nitrogen and oxygen atoms in total. The number of amides is 1. The number of likely N-dealkylation sites (tertiary alicyclic amines) is 1. The predicted octanol–water partition coefficient (Wildman–Crippen LogP) is 2.97. The zero-order valence-electron chi connectivity index (χ0n) is 13.4. The number of carboxylic acid groups (broad SMARTS) is 1. The van der Waals surface area contributed by atoms with Crippen LogP contribution in [0.1, 0.15) is 38.7 Å². The second-order valence-electron chi connectivity index (χ2n) is 6.47. The Balaban J connectivity index is 2.10. The molecule has 1 aromatic carbocycles. The molecule has 22 heavy (non-hydrogen) atoms. The average molecular weight is 303 g/mol. The molecule has 1 amide bonds. The Hall–Kier alpha value is -1.84. The van der Waals surface area contributed by atoms with Gasteiger partial charge in [-0.3, -0.25) is 9.59 Å². The summed E-state index contributed by atoms with van der Waals surface area (Å²) in [6, 6.07) is 9.89. The predicted molar refractivity (Wildman–Crippen MR) is 85.5 cm³/mol. The molecule has 1 heterocycles. The Morgan fingerprint density at radius 3 is 2.55 bits per heavy atom. The van der Waals surface area contributed by atoms with Crippen molar-refractivity contribution in [2.24, 2.45) is 11.8 Å². The lowest BCUT2D eigenvalue weighted by molar-refractivity contribution is -0.142. The van der Waals surface area contributed by atoms with Gasteiger partial charge in [-0.15, -0.1) is 0 Å². The van der Waals surface area contributed by atoms with Gasteiger partial charge in [0.25, 0.3) is 0 Å². The van der Waals surface area contributed by atoms with Gasteiger partial charge >= 0.3 is 5.97 Å². The van der Waals surface area contributed by atoms with E-state index >= 15 is 0 Å². The molecular weight excluding hydrogens is 278 g/mol. The summed E-state index contributed by atoms with van der Waals surface area (Å²) in [5.41, 5.74) is 1.16. The molecule has 1 saturated heterocycles. The van der Waals surface area contributed by atoms with E-state index in [0.717, 1.165) is 18.4 Å². The molecule has 1 fully saturated rings. The number of carbonyl (C=O) groups is 2. The van der Waals surface area contributed by atoms with Gasteiger partial charge in [-0.25, -0.2) is 0 Å². The number of carboxylic acids is 1. The van der Waals surface area contributed by atoms with Crippen LogP contribution in [-0.2, 0) is 16.0 Å². The summed E-state index contributed by atoms with van der Waals surface area (Å²) >= 11 is 0. The quantitative estimate of drug-likeness (QED) is 0.879. The van der Waals surface area contributed by atoms with Crippen molar-refractivity contribution in [2.75, 3.05) is 6.54 Å². The summed E-state index contributed by atoms with van der Waals surface area (Å²) in [7, 11) is 0. The van der Waals surface area contributed by atoms with E-state index < -0.39 is 5.97 Å². The summed E-state index contributed by atoms with van der Waals surface area (Å²) in [5, 5.41) is 9.02. The van der Waals surface area contributed by atoms with Crippen molar-refractivity contribution in [3.63, 3.8) is 0 Å². The van der Waals surface area contributed by atoms with E-state index in [-0.39, 0.29) is 30.2 Å². The van der Waals surface area contributed by atoms with E-state index in [1.807, 2.05) is 35.2 Å². The van der Waals surface area contributed by atoms with E-state index in [1.165, 1.54) is 0 Å². The van der Waals surface area contributed by atoms with Crippen molar-refractivity contribution in [2.45, 2.75) is 45.6 Å². The first-order chi connectivity index (χ1) is 10.5. The molecule has 1 aromatic rings. The molecule has 0 spiro atoms. The maximum absolute atomic E-state index is 12.9. The first-order valence-electron chi connectivity index (χ1n) is 8.05. The summed E-state index contributed by atoms with van der Waals surface area (Å²) < 4.78 is 0. The second kappa shape index (κ2) is 7.43. The van der Waals surface area contributed by atoms with Crippen molar-refractivity contribution in [1.82, 2.24) is 4.90 Å². The highest BCUT2D eigenvalue weighted by Gasteiger charge is 2.35. The van der Waals surface area contributed by atoms with Crippen molar-refractivity contribution in [3.8, 4) is 0 Å². The first-order valence-corrected chi connectivity index (χ1v) is 8.05. The molecule has 120 valence electrons. The molecule has 2 rings (SSSR count). The van der Waals surface area contributed by atoms with Crippen molar-refractivity contribution >= 4 is 11.9 Å². The van der Waals surface area contributed by atoms with Gasteiger partial charge in [-0.05, 0) is 30.7 Å². The lowest BCUT2D eigenvalue weighted by Crippen LogP contribution is -2.42. The third-order valence-corrected chi connectivity index (χ3v) is 4.49. The number of hydrogen-bond acceptors (Lipinski definition) is 2. The van der Waals surface area contributed by atoms with Crippen LogP contribution in [0.2, 0.25) is 0 Å². The molecule has 2 atom stereocenters. The van der Waals surface area contributed by atoms with Crippen molar-refractivity contribution < 1.29 is 14.7 Å². The van der Waals surface area contributed by atoms with Crippen LogP contribution in [-0.4, -0.2) is 34.5 Å². The molecule has 0 saturated carbocycles. The summed E-state index contributed by atoms with van der Waals surface area (Å²) in [6.07, 6.45) is 2.48. The fourth-order valence-corrected chi connectivity index (χ4v) is 3.23. The Morgan fingerprint density at radius 1 is 1.27 bits per heavy atom. The smallest absolute Gasteiger partial charge is 0.305 e. The van der Waals surface area contributed by atoms with Gasteiger partial charge < -0.3 is 10.0 Å². The monoisotopic (exact) mass is 303 g/mol. The van der Waals surface area contributed by atoms with Crippen LogP contribution in [0, 0.1) is 11.8 Å². The molecule has 0 radical (unpaired) electrons. The highest BCUT2D eigenvalue weighted by molar-refractivity contribution is 5.81. The second-order valence-corrected chi connectivity index (χ2v) is 6.47. The Bertz CT molecular complexity index is 512. The van der Waals surface area contributed by atoms with E-state index in [1.54, 1.807) is 0 Å². The minimum atomic E-state index is -0.825. The topological polar surface area (TPSA) is 57.6 Å². The molecular formula is C18H25NO3. The van der Waals surface area contributed by atoms with Gasteiger partial charge in [0, 0.05) is 18.5 Å². The fourth-order valence-electron chi connectivity index (χ4n) is 3.23. The summed E-state index contributed by atoms with van der Waals surface area (Å²) in [5.74, 6) is -0.563. The minimum absolute atomic E-state index is 0.0574. The molecule has 2 unspecified atom stereocenters. The van der Waals surface area contributed by atoms with E-state index in [4.69, 9.17) is 5.11 Å². The summed E-state index contributed by atoms with van der Waals surface area (Å²) in [6.45, 7) is 4.82. The Kier molecular flexibility index (Phi) is 5.58. The van der Waals surface area contributed by atoms with E-state index in [2.05, 4.69) is 13.8 Å². The van der Waals surface area contributed by atoms with Crippen molar-refractivity contribution in [3.05, 3.63) is 35.9 Å². The zero-order valence-corrected chi connectivity index (χ0v) is 13.4. The minimum Gasteiger partial charge on any atom is -0.481 e. The number of hydrogen-bond donors (Lipinski definition) is 1.